The van der Waals surface area contributed by atoms with Gasteiger partial charge >= 0.3 is 5.97 Å². The highest BCUT2D eigenvalue weighted by atomic mass is 16.5. The quantitative estimate of drug-likeness (QED) is 0.664. The third kappa shape index (κ3) is 5.50. The lowest BCUT2D eigenvalue weighted by Gasteiger charge is -2.25. The minimum Gasteiger partial charge on any atom is -0.481 e. The molecule has 0 aliphatic heterocycles. The molecule has 1 aliphatic carbocycles. The van der Waals surface area contributed by atoms with Crippen molar-refractivity contribution in [2.24, 2.45) is 5.92 Å². The van der Waals surface area contributed by atoms with E-state index in [-0.39, 0.29) is 12.5 Å². The number of hydrogen-bond donors (Lipinski definition) is 1. The van der Waals surface area contributed by atoms with E-state index in [1.807, 2.05) is 13.8 Å². The number of carboxylic acid groups (broad SMARTS) is 1. The van der Waals surface area contributed by atoms with Crippen LogP contribution in [0.15, 0.2) is 11.1 Å². The Labute approximate surface area is 127 Å². The van der Waals surface area contributed by atoms with Crippen LogP contribution in [0.3, 0.4) is 0 Å². The molecule has 5 heteroatoms. The first-order chi connectivity index (χ1) is 9.97. The molecule has 0 fully saturated rings. The molecular formula is C16H27NO4. The van der Waals surface area contributed by atoms with E-state index >= 15 is 0 Å². The molecule has 1 N–H and O–H groups in total. The van der Waals surface area contributed by atoms with Gasteiger partial charge in [-0.15, -0.1) is 0 Å². The number of ether oxygens (including phenoxy) is 1. The minimum absolute atomic E-state index is 0.00889. The summed E-state index contributed by atoms with van der Waals surface area (Å²) in [7, 11) is 0. The molecule has 0 radical (unpaired) electrons. The van der Waals surface area contributed by atoms with Gasteiger partial charge in [-0.2, -0.15) is 0 Å². The summed E-state index contributed by atoms with van der Waals surface area (Å²) in [6, 6.07) is 0. The SMILES string of the molecule is CCOCCCN(CC(C)C(=O)O)C(=O)C1=C(C)CCC1. The third-order valence-electron chi connectivity index (χ3n) is 3.88. The van der Waals surface area contributed by atoms with E-state index in [1.165, 1.54) is 0 Å². The lowest BCUT2D eigenvalue weighted by Crippen LogP contribution is -2.38. The lowest BCUT2D eigenvalue weighted by molar-refractivity contribution is -0.142. The fraction of sp³-hybridized carbons (Fsp3) is 0.750. The maximum absolute atomic E-state index is 12.6. The number of hydrogen-bond acceptors (Lipinski definition) is 3. The average Bonchev–Trinajstić information content (AvgIpc) is 2.87. The Balaban J connectivity index is 2.68. The number of allylic oxidation sites excluding steroid dienone is 1. The van der Waals surface area contributed by atoms with Crippen LogP contribution in [0.4, 0.5) is 0 Å². The molecule has 0 saturated heterocycles. The molecule has 1 unspecified atom stereocenters. The second-order valence-electron chi connectivity index (χ2n) is 5.65. The van der Waals surface area contributed by atoms with Gasteiger partial charge in [-0.05, 0) is 39.5 Å². The highest BCUT2D eigenvalue weighted by molar-refractivity contribution is 5.94. The van der Waals surface area contributed by atoms with E-state index in [9.17, 15) is 9.59 Å². The summed E-state index contributed by atoms with van der Waals surface area (Å²) in [5.41, 5.74) is 2.03. The molecule has 1 amide bonds. The van der Waals surface area contributed by atoms with Crippen molar-refractivity contribution in [2.45, 2.75) is 46.5 Å². The molecule has 0 bridgehead atoms. The van der Waals surface area contributed by atoms with Crippen LogP contribution in [-0.2, 0) is 14.3 Å². The summed E-state index contributed by atoms with van der Waals surface area (Å²) in [4.78, 5) is 25.3. The monoisotopic (exact) mass is 297 g/mol. The molecule has 1 rings (SSSR count). The van der Waals surface area contributed by atoms with Gasteiger partial charge in [0.05, 0.1) is 5.92 Å². The van der Waals surface area contributed by atoms with Gasteiger partial charge in [0, 0.05) is 31.9 Å². The second-order valence-corrected chi connectivity index (χ2v) is 5.65. The summed E-state index contributed by atoms with van der Waals surface area (Å²) in [5.74, 6) is -1.41. The molecule has 1 aliphatic rings. The van der Waals surface area contributed by atoms with Gasteiger partial charge in [0.1, 0.15) is 0 Å². The van der Waals surface area contributed by atoms with Crippen LogP contribution in [0.25, 0.3) is 0 Å². The number of amides is 1. The standard InChI is InChI=1S/C16H27NO4/c1-4-21-10-6-9-17(11-13(3)16(19)20)15(18)14-8-5-7-12(14)2/h13H,4-11H2,1-3H3,(H,19,20). The Morgan fingerprint density at radius 3 is 2.62 bits per heavy atom. The smallest absolute Gasteiger partial charge is 0.308 e. The molecular weight excluding hydrogens is 270 g/mol. The van der Waals surface area contributed by atoms with E-state index in [2.05, 4.69) is 0 Å². The molecule has 21 heavy (non-hydrogen) atoms. The minimum atomic E-state index is -0.866. The molecule has 0 aromatic carbocycles. The van der Waals surface area contributed by atoms with Gasteiger partial charge < -0.3 is 14.7 Å². The number of aliphatic carboxylic acids is 1. The summed E-state index contributed by atoms with van der Waals surface area (Å²) < 4.78 is 5.30. The zero-order chi connectivity index (χ0) is 15.8. The van der Waals surface area contributed by atoms with Gasteiger partial charge in [0.2, 0.25) is 5.91 Å². The highest BCUT2D eigenvalue weighted by Gasteiger charge is 2.25. The van der Waals surface area contributed by atoms with Crippen molar-refractivity contribution >= 4 is 11.9 Å². The van der Waals surface area contributed by atoms with Gasteiger partial charge in [-0.1, -0.05) is 12.5 Å². The van der Waals surface area contributed by atoms with Crippen LogP contribution in [0.5, 0.6) is 0 Å². The molecule has 0 spiro atoms. The Hall–Kier alpha value is -1.36. The molecule has 0 saturated carbocycles. The Kier molecular flexibility index (Phi) is 7.43. The number of carbonyl (C=O) groups excluding carboxylic acids is 1. The largest absolute Gasteiger partial charge is 0.481 e. The van der Waals surface area contributed by atoms with E-state index in [4.69, 9.17) is 9.84 Å². The van der Waals surface area contributed by atoms with E-state index in [0.717, 1.165) is 36.8 Å². The van der Waals surface area contributed by atoms with Crippen molar-refractivity contribution in [3.05, 3.63) is 11.1 Å². The summed E-state index contributed by atoms with van der Waals surface area (Å²) in [6.07, 6.45) is 3.54. The third-order valence-corrected chi connectivity index (χ3v) is 3.88. The summed E-state index contributed by atoms with van der Waals surface area (Å²) in [6.45, 7) is 7.64. The van der Waals surface area contributed by atoms with E-state index < -0.39 is 11.9 Å². The Morgan fingerprint density at radius 2 is 2.10 bits per heavy atom. The zero-order valence-electron chi connectivity index (χ0n) is 13.4. The number of carbonyl (C=O) groups is 2. The summed E-state index contributed by atoms with van der Waals surface area (Å²) in [5, 5.41) is 9.06. The molecule has 0 aromatic heterocycles. The highest BCUT2D eigenvalue weighted by Crippen LogP contribution is 2.27. The zero-order valence-corrected chi connectivity index (χ0v) is 13.4. The molecule has 0 heterocycles. The number of nitrogens with zero attached hydrogens (tertiary/aromatic N) is 1. The Morgan fingerprint density at radius 1 is 1.38 bits per heavy atom. The van der Waals surface area contributed by atoms with E-state index in [1.54, 1.807) is 11.8 Å². The topological polar surface area (TPSA) is 66.8 Å². The molecule has 0 aromatic rings. The summed E-state index contributed by atoms with van der Waals surface area (Å²) >= 11 is 0. The fourth-order valence-corrected chi connectivity index (χ4v) is 2.56. The molecule has 1 atom stereocenters. The van der Waals surface area contributed by atoms with Crippen molar-refractivity contribution in [1.82, 2.24) is 4.90 Å². The normalized spacial score (nSPS) is 16.1. The van der Waals surface area contributed by atoms with Crippen LogP contribution in [0, 0.1) is 5.92 Å². The maximum Gasteiger partial charge on any atom is 0.308 e. The van der Waals surface area contributed by atoms with Crippen molar-refractivity contribution in [3.63, 3.8) is 0 Å². The van der Waals surface area contributed by atoms with Gasteiger partial charge in [0.25, 0.3) is 0 Å². The van der Waals surface area contributed by atoms with Crippen molar-refractivity contribution in [2.75, 3.05) is 26.3 Å². The average molecular weight is 297 g/mol. The Bertz CT molecular complexity index is 403. The van der Waals surface area contributed by atoms with Crippen LogP contribution in [0.2, 0.25) is 0 Å². The van der Waals surface area contributed by atoms with Crippen molar-refractivity contribution < 1.29 is 19.4 Å². The first-order valence-corrected chi connectivity index (χ1v) is 7.75. The van der Waals surface area contributed by atoms with E-state index in [0.29, 0.717) is 19.8 Å². The molecule has 5 nitrogen and oxygen atoms in total. The first kappa shape index (κ1) is 17.7. The molecule has 120 valence electrons. The maximum atomic E-state index is 12.6. The lowest BCUT2D eigenvalue weighted by atomic mass is 10.1. The first-order valence-electron chi connectivity index (χ1n) is 7.75. The van der Waals surface area contributed by atoms with Gasteiger partial charge in [-0.25, -0.2) is 0 Å². The number of carboxylic acids is 1. The predicted octanol–water partition coefficient (Wildman–Crippen LogP) is 2.46. The van der Waals surface area contributed by atoms with Crippen molar-refractivity contribution in [1.29, 1.82) is 0 Å². The van der Waals surface area contributed by atoms with Gasteiger partial charge in [-0.3, -0.25) is 9.59 Å². The van der Waals surface area contributed by atoms with Crippen LogP contribution in [-0.4, -0.2) is 48.2 Å². The van der Waals surface area contributed by atoms with Crippen LogP contribution < -0.4 is 0 Å². The van der Waals surface area contributed by atoms with Crippen molar-refractivity contribution in [3.8, 4) is 0 Å². The number of rotatable bonds is 9. The second kappa shape index (κ2) is 8.82. The van der Waals surface area contributed by atoms with Crippen LogP contribution >= 0.6 is 0 Å². The fourth-order valence-electron chi connectivity index (χ4n) is 2.56. The van der Waals surface area contributed by atoms with Gasteiger partial charge in [0.15, 0.2) is 0 Å². The predicted molar refractivity (Wildman–Crippen MR) is 81.0 cm³/mol. The van der Waals surface area contributed by atoms with Crippen LogP contribution in [0.1, 0.15) is 46.5 Å².